The Labute approximate surface area is 173 Å². The number of carboxylic acid groups (broad SMARTS) is 1. The van der Waals surface area contributed by atoms with Crippen molar-refractivity contribution in [2.24, 2.45) is 5.92 Å². The van der Waals surface area contributed by atoms with Crippen molar-refractivity contribution in [2.75, 3.05) is 30.0 Å². The molecule has 152 valence electrons. The lowest BCUT2D eigenvalue weighted by atomic mass is 9.96. The molecule has 9 heteroatoms. The van der Waals surface area contributed by atoms with Gasteiger partial charge in [0.25, 0.3) is 0 Å². The van der Waals surface area contributed by atoms with E-state index in [4.69, 9.17) is 21.4 Å². The number of rotatable bonds is 9. The molecular weight excluding hydrogens is 400 g/mol. The number of aromatic nitrogens is 2. The first-order valence-corrected chi connectivity index (χ1v) is 10.4. The molecule has 0 bridgehead atoms. The molecule has 2 aromatic rings. The van der Waals surface area contributed by atoms with E-state index in [1.807, 2.05) is 19.1 Å². The van der Waals surface area contributed by atoms with Crippen LogP contribution in [0.15, 0.2) is 18.2 Å². The zero-order chi connectivity index (χ0) is 20.3. The van der Waals surface area contributed by atoms with Gasteiger partial charge in [0.15, 0.2) is 0 Å². The maximum absolute atomic E-state index is 11.1. The molecule has 0 saturated carbocycles. The Hall–Kier alpha value is -1.90. The molecule has 2 heterocycles. The van der Waals surface area contributed by atoms with E-state index >= 15 is 0 Å². The second-order valence-electron chi connectivity index (χ2n) is 7.51. The van der Waals surface area contributed by atoms with Gasteiger partial charge in [-0.15, -0.1) is 0 Å². The molecule has 0 amide bonds. The smallest absolute Gasteiger partial charge is 0.303 e. The second-order valence-corrected chi connectivity index (χ2v) is 8.60. The summed E-state index contributed by atoms with van der Waals surface area (Å²) in [6.45, 7) is 8.59. The Kier molecular flexibility index (Phi) is 6.74. The quantitative estimate of drug-likeness (QED) is 0.617. The molecular formula is C19H25ClN4O3S. The van der Waals surface area contributed by atoms with E-state index in [1.54, 1.807) is 0 Å². The first-order chi connectivity index (χ1) is 13.3. The van der Waals surface area contributed by atoms with E-state index in [1.165, 1.54) is 11.5 Å². The first-order valence-electron chi connectivity index (χ1n) is 9.29. The Morgan fingerprint density at radius 1 is 1.43 bits per heavy atom. The molecule has 1 fully saturated rings. The highest BCUT2D eigenvalue weighted by atomic mass is 35.5. The van der Waals surface area contributed by atoms with Crippen molar-refractivity contribution >= 4 is 45.6 Å². The molecule has 1 saturated heterocycles. The lowest BCUT2D eigenvalue weighted by molar-refractivity contribution is -0.137. The monoisotopic (exact) mass is 424 g/mol. The summed E-state index contributed by atoms with van der Waals surface area (Å²) in [4.78, 5) is 17.7. The van der Waals surface area contributed by atoms with Crippen molar-refractivity contribution in [1.29, 1.82) is 0 Å². The van der Waals surface area contributed by atoms with E-state index in [-0.39, 0.29) is 17.6 Å². The van der Waals surface area contributed by atoms with Gasteiger partial charge in [0.1, 0.15) is 0 Å². The average Bonchev–Trinajstić information content (AvgIpc) is 2.96. The molecule has 1 aliphatic heterocycles. The number of aliphatic carboxylic acids is 1. The van der Waals surface area contributed by atoms with Crippen molar-refractivity contribution in [2.45, 2.75) is 39.2 Å². The number of halogens is 1. The SMILES string of the molecule is CC(C)CN(c1ccc(C(C)CC(=O)O)cc1Nc1nc(Cl)ns1)C1COC1. The normalized spacial score (nSPS) is 15.3. The minimum absolute atomic E-state index is 0.0790. The Morgan fingerprint density at radius 2 is 2.18 bits per heavy atom. The number of hydrogen-bond acceptors (Lipinski definition) is 7. The van der Waals surface area contributed by atoms with Crippen LogP contribution >= 0.6 is 23.1 Å². The fraction of sp³-hybridized carbons (Fsp3) is 0.526. The van der Waals surface area contributed by atoms with E-state index < -0.39 is 5.97 Å². The number of anilines is 3. The number of nitrogens with zero attached hydrogens (tertiary/aromatic N) is 3. The molecule has 2 N–H and O–H groups in total. The van der Waals surface area contributed by atoms with E-state index in [0.717, 1.165) is 23.5 Å². The fourth-order valence-electron chi connectivity index (χ4n) is 3.20. The van der Waals surface area contributed by atoms with Crippen LogP contribution < -0.4 is 10.2 Å². The predicted octanol–water partition coefficient (Wildman–Crippen LogP) is 4.37. The fourth-order valence-corrected chi connectivity index (χ4v) is 3.93. The molecule has 1 aromatic heterocycles. The van der Waals surface area contributed by atoms with Gasteiger partial charge >= 0.3 is 5.97 Å². The third kappa shape index (κ3) is 5.12. The highest BCUT2D eigenvalue weighted by molar-refractivity contribution is 7.10. The lowest BCUT2D eigenvalue weighted by Crippen LogP contribution is -2.50. The number of carbonyl (C=O) groups is 1. The number of nitrogens with one attached hydrogen (secondary N) is 1. The van der Waals surface area contributed by atoms with Crippen molar-refractivity contribution < 1.29 is 14.6 Å². The van der Waals surface area contributed by atoms with Crippen molar-refractivity contribution in [3.63, 3.8) is 0 Å². The highest BCUT2D eigenvalue weighted by Gasteiger charge is 2.29. The average molecular weight is 425 g/mol. The topological polar surface area (TPSA) is 87.6 Å². The standard InChI is InChI=1S/C19H25ClN4O3S/c1-11(2)8-24(14-9-27-10-14)16-5-4-13(12(3)6-17(25)26)7-15(16)21-19-22-18(20)23-28-19/h4-5,7,11-12,14H,6,8-10H2,1-3H3,(H,25,26)(H,21,22,23). The molecule has 1 atom stereocenters. The Bertz CT molecular complexity index is 825. The number of ether oxygens (including phenoxy) is 1. The molecule has 0 aliphatic carbocycles. The third-order valence-corrected chi connectivity index (χ3v) is 5.55. The summed E-state index contributed by atoms with van der Waals surface area (Å²) in [6.07, 6.45) is 0.0790. The molecule has 3 rings (SSSR count). The van der Waals surface area contributed by atoms with Crippen molar-refractivity contribution in [1.82, 2.24) is 9.36 Å². The molecule has 0 spiro atoms. The van der Waals surface area contributed by atoms with Crippen LogP contribution in [0.3, 0.4) is 0 Å². The number of hydrogen-bond donors (Lipinski definition) is 2. The first kappa shape index (κ1) is 20.8. The molecule has 1 aliphatic rings. The van der Waals surface area contributed by atoms with Gasteiger partial charge in [-0.25, -0.2) is 0 Å². The van der Waals surface area contributed by atoms with Gasteiger partial charge < -0.3 is 20.1 Å². The molecule has 0 radical (unpaired) electrons. The summed E-state index contributed by atoms with van der Waals surface area (Å²) in [5.41, 5.74) is 2.87. The number of benzene rings is 1. The van der Waals surface area contributed by atoms with E-state index in [0.29, 0.717) is 30.3 Å². The highest BCUT2D eigenvalue weighted by Crippen LogP contribution is 2.36. The van der Waals surface area contributed by atoms with Crippen molar-refractivity contribution in [3.05, 3.63) is 29.0 Å². The predicted molar refractivity (Wildman–Crippen MR) is 112 cm³/mol. The van der Waals surface area contributed by atoms with Crippen molar-refractivity contribution in [3.8, 4) is 0 Å². The Balaban J connectivity index is 1.97. The molecule has 1 unspecified atom stereocenters. The summed E-state index contributed by atoms with van der Waals surface area (Å²) in [5.74, 6) is -0.430. The van der Waals surface area contributed by atoms with Gasteiger partial charge in [-0.2, -0.15) is 9.36 Å². The summed E-state index contributed by atoms with van der Waals surface area (Å²) < 4.78 is 9.44. The summed E-state index contributed by atoms with van der Waals surface area (Å²) in [5, 5.41) is 13.3. The Morgan fingerprint density at radius 3 is 2.71 bits per heavy atom. The van der Waals surface area contributed by atoms with Crippen LogP contribution in [0, 0.1) is 5.92 Å². The van der Waals surface area contributed by atoms with Gasteiger partial charge in [-0.1, -0.05) is 26.8 Å². The van der Waals surface area contributed by atoms with Crippen LogP contribution in [0.25, 0.3) is 0 Å². The number of carboxylic acids is 1. The van der Waals surface area contributed by atoms with Crippen LogP contribution in [0.1, 0.15) is 38.7 Å². The van der Waals surface area contributed by atoms with Crippen LogP contribution in [-0.4, -0.2) is 46.2 Å². The second kappa shape index (κ2) is 9.07. The van der Waals surface area contributed by atoms with Gasteiger partial charge in [0.2, 0.25) is 10.4 Å². The zero-order valence-electron chi connectivity index (χ0n) is 16.2. The van der Waals surface area contributed by atoms with Crippen LogP contribution in [0.5, 0.6) is 0 Å². The van der Waals surface area contributed by atoms with Crippen LogP contribution in [-0.2, 0) is 9.53 Å². The largest absolute Gasteiger partial charge is 0.481 e. The van der Waals surface area contributed by atoms with Gasteiger partial charge in [0, 0.05) is 18.1 Å². The zero-order valence-corrected chi connectivity index (χ0v) is 17.8. The maximum Gasteiger partial charge on any atom is 0.303 e. The third-order valence-electron chi connectivity index (χ3n) is 4.65. The minimum atomic E-state index is -0.810. The van der Waals surface area contributed by atoms with Gasteiger partial charge in [-0.05, 0) is 41.1 Å². The van der Waals surface area contributed by atoms with E-state index in [9.17, 15) is 4.79 Å². The van der Waals surface area contributed by atoms with Crippen LogP contribution in [0.2, 0.25) is 5.28 Å². The maximum atomic E-state index is 11.1. The summed E-state index contributed by atoms with van der Waals surface area (Å²) >= 11 is 7.07. The van der Waals surface area contributed by atoms with Gasteiger partial charge in [0.05, 0.1) is 37.1 Å². The van der Waals surface area contributed by atoms with Crippen LogP contribution in [0.4, 0.5) is 16.5 Å². The molecule has 7 nitrogen and oxygen atoms in total. The minimum Gasteiger partial charge on any atom is -0.481 e. The lowest BCUT2D eigenvalue weighted by Gasteiger charge is -2.41. The van der Waals surface area contributed by atoms with Gasteiger partial charge in [-0.3, -0.25) is 4.79 Å². The van der Waals surface area contributed by atoms with E-state index in [2.05, 4.69) is 39.5 Å². The summed E-state index contributed by atoms with van der Waals surface area (Å²) in [7, 11) is 0. The summed E-state index contributed by atoms with van der Waals surface area (Å²) in [6, 6.07) is 6.39. The molecule has 1 aromatic carbocycles. The molecule has 28 heavy (non-hydrogen) atoms.